The maximum absolute atomic E-state index is 12.9. The Kier molecular flexibility index (Phi) is 9.60. The first kappa shape index (κ1) is 23.7. The number of anilines is 2. The van der Waals surface area contributed by atoms with Gasteiger partial charge >= 0.3 is 5.97 Å². The van der Waals surface area contributed by atoms with E-state index < -0.39 is 5.97 Å². The second kappa shape index (κ2) is 12.2. The van der Waals surface area contributed by atoms with E-state index in [2.05, 4.69) is 20.4 Å². The van der Waals surface area contributed by atoms with Gasteiger partial charge in [-0.2, -0.15) is 0 Å². The topological polar surface area (TPSA) is 91.0 Å². The van der Waals surface area contributed by atoms with Gasteiger partial charge in [-0.1, -0.05) is 0 Å². The zero-order chi connectivity index (χ0) is 21.9. The zero-order valence-electron chi connectivity index (χ0n) is 18.3. The molecule has 0 bridgehead atoms. The van der Waals surface area contributed by atoms with Crippen LogP contribution in [-0.2, 0) is 14.3 Å². The SMILES string of the molecule is CCOC(=O)CCC(=O)Nc1ccc(N2CCCC2)c(C(=O)NCCCN(C)C)c1. The molecule has 0 spiro atoms. The molecule has 30 heavy (non-hydrogen) atoms. The molecule has 1 saturated heterocycles. The van der Waals surface area contributed by atoms with E-state index in [4.69, 9.17) is 4.74 Å². The molecule has 0 unspecified atom stereocenters. The summed E-state index contributed by atoms with van der Waals surface area (Å²) in [6.45, 7) is 5.36. The first-order chi connectivity index (χ1) is 14.4. The standard InChI is InChI=1S/C22H34N4O4/c1-4-30-21(28)11-10-20(27)24-17-8-9-19(26-14-5-6-15-26)18(16-17)22(29)23-12-7-13-25(2)3/h8-9,16H,4-7,10-15H2,1-3H3,(H,23,29)(H,24,27). The molecule has 0 radical (unpaired) electrons. The lowest BCUT2D eigenvalue weighted by atomic mass is 10.1. The highest BCUT2D eigenvalue weighted by Gasteiger charge is 2.20. The van der Waals surface area contributed by atoms with Gasteiger partial charge in [-0.15, -0.1) is 0 Å². The van der Waals surface area contributed by atoms with Crippen molar-refractivity contribution in [1.82, 2.24) is 10.2 Å². The maximum Gasteiger partial charge on any atom is 0.306 e. The van der Waals surface area contributed by atoms with Crippen LogP contribution < -0.4 is 15.5 Å². The number of carbonyl (C=O) groups is 3. The van der Waals surface area contributed by atoms with Gasteiger partial charge in [0.15, 0.2) is 0 Å². The summed E-state index contributed by atoms with van der Waals surface area (Å²) in [5, 5.41) is 5.77. The van der Waals surface area contributed by atoms with Crippen LogP contribution in [0.2, 0.25) is 0 Å². The molecule has 1 heterocycles. The Morgan fingerprint density at radius 1 is 1.13 bits per heavy atom. The van der Waals surface area contributed by atoms with E-state index in [1.54, 1.807) is 19.1 Å². The van der Waals surface area contributed by atoms with Gasteiger partial charge in [0.1, 0.15) is 0 Å². The van der Waals surface area contributed by atoms with Crippen molar-refractivity contribution in [1.29, 1.82) is 0 Å². The van der Waals surface area contributed by atoms with Gasteiger partial charge in [-0.3, -0.25) is 14.4 Å². The molecule has 1 aromatic rings. The van der Waals surface area contributed by atoms with Crippen LogP contribution in [0.3, 0.4) is 0 Å². The van der Waals surface area contributed by atoms with Crippen LogP contribution in [-0.4, -0.2) is 69.6 Å². The second-order valence-corrected chi connectivity index (χ2v) is 7.69. The minimum absolute atomic E-state index is 0.0325. The lowest BCUT2D eigenvalue weighted by Crippen LogP contribution is -2.29. The zero-order valence-corrected chi connectivity index (χ0v) is 18.3. The van der Waals surface area contributed by atoms with E-state index in [9.17, 15) is 14.4 Å². The Morgan fingerprint density at radius 3 is 2.53 bits per heavy atom. The van der Waals surface area contributed by atoms with E-state index in [1.807, 2.05) is 20.2 Å². The number of rotatable bonds is 11. The third-order valence-corrected chi connectivity index (χ3v) is 4.90. The van der Waals surface area contributed by atoms with Crippen molar-refractivity contribution >= 4 is 29.2 Å². The highest BCUT2D eigenvalue weighted by molar-refractivity contribution is 6.02. The average Bonchev–Trinajstić information content (AvgIpc) is 3.24. The minimum Gasteiger partial charge on any atom is -0.466 e. The fourth-order valence-corrected chi connectivity index (χ4v) is 3.39. The first-order valence-corrected chi connectivity index (χ1v) is 10.7. The Morgan fingerprint density at radius 2 is 1.87 bits per heavy atom. The number of amides is 2. The van der Waals surface area contributed by atoms with Crippen LogP contribution >= 0.6 is 0 Å². The minimum atomic E-state index is -0.394. The summed E-state index contributed by atoms with van der Waals surface area (Å²) in [6, 6.07) is 5.41. The third-order valence-electron chi connectivity index (χ3n) is 4.90. The van der Waals surface area contributed by atoms with Crippen molar-refractivity contribution in [2.24, 2.45) is 0 Å². The number of hydrogen-bond acceptors (Lipinski definition) is 6. The molecule has 2 amide bonds. The van der Waals surface area contributed by atoms with Crippen LogP contribution in [0.4, 0.5) is 11.4 Å². The lowest BCUT2D eigenvalue weighted by molar-refractivity contribution is -0.144. The summed E-state index contributed by atoms with van der Waals surface area (Å²) in [5.41, 5.74) is 2.00. The van der Waals surface area contributed by atoms with Crippen molar-refractivity contribution in [2.45, 2.75) is 39.0 Å². The van der Waals surface area contributed by atoms with Crippen LogP contribution in [0.1, 0.15) is 49.4 Å². The van der Waals surface area contributed by atoms with Crippen molar-refractivity contribution in [3.8, 4) is 0 Å². The molecule has 0 saturated carbocycles. The van der Waals surface area contributed by atoms with Gasteiger partial charge in [0.2, 0.25) is 5.91 Å². The molecular weight excluding hydrogens is 384 g/mol. The average molecular weight is 419 g/mol. The molecule has 8 heteroatoms. The normalized spacial score (nSPS) is 13.4. The van der Waals surface area contributed by atoms with Crippen LogP contribution in [0.15, 0.2) is 18.2 Å². The van der Waals surface area contributed by atoms with Crippen molar-refractivity contribution in [3.05, 3.63) is 23.8 Å². The smallest absolute Gasteiger partial charge is 0.306 e. The summed E-state index contributed by atoms with van der Waals surface area (Å²) in [6.07, 6.45) is 3.15. The Balaban J connectivity index is 2.05. The second-order valence-electron chi connectivity index (χ2n) is 7.69. The summed E-state index contributed by atoms with van der Waals surface area (Å²) >= 11 is 0. The third kappa shape index (κ3) is 7.67. The molecule has 1 aliphatic rings. The molecule has 1 aromatic carbocycles. The molecule has 1 aliphatic heterocycles. The first-order valence-electron chi connectivity index (χ1n) is 10.7. The van der Waals surface area contributed by atoms with Gasteiger partial charge in [0, 0.05) is 37.4 Å². The quantitative estimate of drug-likeness (QED) is 0.423. The largest absolute Gasteiger partial charge is 0.466 e. The van der Waals surface area contributed by atoms with Crippen LogP contribution in [0, 0.1) is 0 Å². The van der Waals surface area contributed by atoms with E-state index in [0.717, 1.165) is 44.6 Å². The molecule has 0 aromatic heterocycles. The molecule has 0 aliphatic carbocycles. The summed E-state index contributed by atoms with van der Waals surface area (Å²) in [5.74, 6) is -0.817. The molecule has 0 atom stereocenters. The molecule has 1 fully saturated rings. The molecule has 166 valence electrons. The lowest BCUT2D eigenvalue weighted by Gasteiger charge is -2.22. The van der Waals surface area contributed by atoms with E-state index in [0.29, 0.717) is 24.4 Å². The van der Waals surface area contributed by atoms with Gasteiger partial charge in [0.25, 0.3) is 5.91 Å². The molecule has 8 nitrogen and oxygen atoms in total. The number of esters is 1. The van der Waals surface area contributed by atoms with Crippen LogP contribution in [0.25, 0.3) is 0 Å². The van der Waals surface area contributed by atoms with E-state index in [1.165, 1.54) is 0 Å². The fraction of sp³-hybridized carbons (Fsp3) is 0.591. The summed E-state index contributed by atoms with van der Waals surface area (Å²) in [4.78, 5) is 40.8. The number of benzene rings is 1. The van der Waals surface area contributed by atoms with Gasteiger partial charge in [-0.05, 0) is 65.0 Å². The predicted octanol–water partition coefficient (Wildman–Crippen LogP) is 2.25. The molecule has 2 rings (SSSR count). The number of ether oxygens (including phenoxy) is 1. The van der Waals surface area contributed by atoms with Gasteiger partial charge in [0.05, 0.1) is 18.6 Å². The molecular formula is C22H34N4O4. The molecule has 2 N–H and O–H groups in total. The number of carbonyl (C=O) groups excluding carboxylic acids is 3. The monoisotopic (exact) mass is 418 g/mol. The Labute approximate surface area is 178 Å². The number of hydrogen-bond donors (Lipinski definition) is 2. The number of nitrogens with zero attached hydrogens (tertiary/aromatic N) is 2. The fourth-order valence-electron chi connectivity index (χ4n) is 3.39. The number of nitrogens with one attached hydrogen (secondary N) is 2. The Bertz CT molecular complexity index is 730. The maximum atomic E-state index is 12.9. The van der Waals surface area contributed by atoms with E-state index in [-0.39, 0.29) is 24.7 Å². The van der Waals surface area contributed by atoms with Crippen molar-refractivity contribution in [3.63, 3.8) is 0 Å². The summed E-state index contributed by atoms with van der Waals surface area (Å²) < 4.78 is 4.85. The van der Waals surface area contributed by atoms with Crippen molar-refractivity contribution in [2.75, 3.05) is 57.1 Å². The predicted molar refractivity (Wildman–Crippen MR) is 118 cm³/mol. The summed E-state index contributed by atoms with van der Waals surface area (Å²) in [7, 11) is 4.00. The van der Waals surface area contributed by atoms with Gasteiger partial charge in [-0.25, -0.2) is 0 Å². The highest BCUT2D eigenvalue weighted by Crippen LogP contribution is 2.27. The van der Waals surface area contributed by atoms with Crippen molar-refractivity contribution < 1.29 is 19.1 Å². The van der Waals surface area contributed by atoms with Crippen LogP contribution in [0.5, 0.6) is 0 Å². The van der Waals surface area contributed by atoms with E-state index >= 15 is 0 Å². The Hall–Kier alpha value is -2.61. The van der Waals surface area contributed by atoms with Gasteiger partial charge < -0.3 is 25.2 Å². The highest BCUT2D eigenvalue weighted by atomic mass is 16.5.